The van der Waals surface area contributed by atoms with E-state index in [1.54, 1.807) is 0 Å². The van der Waals surface area contributed by atoms with Crippen LogP contribution in [-0.2, 0) is 14.8 Å². The summed E-state index contributed by atoms with van der Waals surface area (Å²) in [5, 5.41) is 8.83. The third kappa shape index (κ3) is 5.35. The molecule has 19 heavy (non-hydrogen) atoms. The van der Waals surface area contributed by atoms with Crippen LogP contribution in [0.5, 0.6) is 0 Å². The average molecular weight is 303 g/mol. The molecule has 1 unspecified atom stereocenters. The molecule has 1 N–H and O–H groups in total. The predicted molar refractivity (Wildman–Crippen MR) is 61.0 cm³/mol. The Hall–Kier alpha value is -0.830. The molecular formula is C10H16F3NO4S. The van der Waals surface area contributed by atoms with E-state index in [4.69, 9.17) is 5.11 Å². The van der Waals surface area contributed by atoms with Crippen molar-refractivity contribution in [1.29, 1.82) is 0 Å². The largest absolute Gasteiger partial charge is 0.481 e. The second-order valence-electron chi connectivity index (χ2n) is 4.57. The molecule has 0 bridgehead atoms. The van der Waals surface area contributed by atoms with Crippen LogP contribution >= 0.6 is 0 Å². The first-order chi connectivity index (χ1) is 8.62. The molecule has 1 aliphatic heterocycles. The summed E-state index contributed by atoms with van der Waals surface area (Å²) < 4.78 is 60.5. The molecule has 1 rings (SSSR count). The summed E-state index contributed by atoms with van der Waals surface area (Å²) in [6.45, 7) is 0.0296. The standard InChI is InChI=1S/C10H16F3NO4S/c11-10(12,13)4-2-6-19(17,18)14-5-1-3-8(7-14)9(15)16/h8H,1-7H2,(H,15,16). The zero-order valence-corrected chi connectivity index (χ0v) is 11.0. The highest BCUT2D eigenvalue weighted by Crippen LogP contribution is 2.24. The summed E-state index contributed by atoms with van der Waals surface area (Å²) in [4.78, 5) is 10.8. The van der Waals surface area contributed by atoms with Gasteiger partial charge in [-0.2, -0.15) is 13.2 Å². The average Bonchev–Trinajstić information content (AvgIpc) is 2.27. The van der Waals surface area contributed by atoms with E-state index in [0.717, 1.165) is 4.31 Å². The maximum absolute atomic E-state index is 12.0. The van der Waals surface area contributed by atoms with Crippen molar-refractivity contribution in [1.82, 2.24) is 4.31 Å². The number of piperidine rings is 1. The van der Waals surface area contributed by atoms with Gasteiger partial charge in [-0.25, -0.2) is 12.7 Å². The second-order valence-corrected chi connectivity index (χ2v) is 6.66. The van der Waals surface area contributed by atoms with Gasteiger partial charge in [-0.05, 0) is 19.3 Å². The van der Waals surface area contributed by atoms with E-state index in [-0.39, 0.29) is 13.1 Å². The van der Waals surface area contributed by atoms with Crippen LogP contribution in [0, 0.1) is 5.92 Å². The topological polar surface area (TPSA) is 74.7 Å². The van der Waals surface area contributed by atoms with E-state index in [1.165, 1.54) is 0 Å². The lowest BCUT2D eigenvalue weighted by atomic mass is 10.0. The lowest BCUT2D eigenvalue weighted by Gasteiger charge is -2.29. The van der Waals surface area contributed by atoms with Crippen molar-refractivity contribution in [3.8, 4) is 0 Å². The number of carboxylic acid groups (broad SMARTS) is 1. The Morgan fingerprint density at radius 1 is 1.37 bits per heavy atom. The third-order valence-corrected chi connectivity index (χ3v) is 4.91. The van der Waals surface area contributed by atoms with Gasteiger partial charge in [-0.3, -0.25) is 4.79 Å². The fourth-order valence-corrected chi connectivity index (χ4v) is 3.56. The van der Waals surface area contributed by atoms with Crippen molar-refractivity contribution in [3.05, 3.63) is 0 Å². The molecule has 0 aromatic rings. The molecular weight excluding hydrogens is 287 g/mol. The van der Waals surface area contributed by atoms with E-state index in [2.05, 4.69) is 0 Å². The summed E-state index contributed by atoms with van der Waals surface area (Å²) in [6.07, 6.45) is -5.22. The van der Waals surface area contributed by atoms with Gasteiger partial charge in [0, 0.05) is 19.5 Å². The zero-order valence-electron chi connectivity index (χ0n) is 10.2. The van der Waals surface area contributed by atoms with Crippen LogP contribution in [0.25, 0.3) is 0 Å². The maximum Gasteiger partial charge on any atom is 0.389 e. The van der Waals surface area contributed by atoms with E-state index in [0.29, 0.717) is 12.8 Å². The summed E-state index contributed by atoms with van der Waals surface area (Å²) in [5.74, 6) is -2.44. The molecule has 0 spiro atoms. The molecule has 1 atom stereocenters. The minimum Gasteiger partial charge on any atom is -0.481 e. The lowest BCUT2D eigenvalue weighted by molar-refractivity contribution is -0.142. The fourth-order valence-electron chi connectivity index (χ4n) is 1.98. The van der Waals surface area contributed by atoms with E-state index in [1.807, 2.05) is 0 Å². The Morgan fingerprint density at radius 2 is 2.00 bits per heavy atom. The molecule has 0 saturated carbocycles. The highest BCUT2D eigenvalue weighted by molar-refractivity contribution is 7.89. The van der Waals surface area contributed by atoms with Gasteiger partial charge in [-0.15, -0.1) is 0 Å². The SMILES string of the molecule is O=C(O)C1CCCN(S(=O)(=O)CCCC(F)(F)F)C1. The molecule has 1 fully saturated rings. The summed E-state index contributed by atoms with van der Waals surface area (Å²) in [5.41, 5.74) is 0. The number of hydrogen-bond acceptors (Lipinski definition) is 3. The van der Waals surface area contributed by atoms with Crippen LogP contribution in [0.3, 0.4) is 0 Å². The highest BCUT2D eigenvalue weighted by atomic mass is 32.2. The quantitative estimate of drug-likeness (QED) is 0.834. The van der Waals surface area contributed by atoms with Crippen LogP contribution < -0.4 is 0 Å². The molecule has 0 aromatic heterocycles. The van der Waals surface area contributed by atoms with Crippen molar-refractivity contribution < 1.29 is 31.5 Å². The number of carbonyl (C=O) groups is 1. The van der Waals surface area contributed by atoms with Crippen LogP contribution in [0.4, 0.5) is 13.2 Å². The molecule has 0 radical (unpaired) electrons. The number of hydrogen-bond donors (Lipinski definition) is 1. The number of sulfonamides is 1. The van der Waals surface area contributed by atoms with Crippen LogP contribution in [0.15, 0.2) is 0 Å². The number of alkyl halides is 3. The molecule has 9 heteroatoms. The number of carboxylic acids is 1. The number of rotatable bonds is 5. The molecule has 0 aromatic carbocycles. The Bertz CT molecular complexity index is 421. The van der Waals surface area contributed by atoms with E-state index >= 15 is 0 Å². The Balaban J connectivity index is 2.55. The second kappa shape index (κ2) is 6.08. The lowest BCUT2D eigenvalue weighted by Crippen LogP contribution is -2.43. The van der Waals surface area contributed by atoms with Gasteiger partial charge in [0.15, 0.2) is 0 Å². The predicted octanol–water partition coefficient (Wildman–Crippen LogP) is 1.46. The molecule has 5 nitrogen and oxygen atoms in total. The van der Waals surface area contributed by atoms with E-state index in [9.17, 15) is 26.4 Å². The first kappa shape index (κ1) is 16.2. The summed E-state index contributed by atoms with van der Waals surface area (Å²) in [7, 11) is -3.80. The van der Waals surface area contributed by atoms with Crippen LogP contribution in [0.2, 0.25) is 0 Å². The normalized spacial score (nSPS) is 22.4. The molecule has 112 valence electrons. The van der Waals surface area contributed by atoms with E-state index < -0.39 is 46.7 Å². The molecule has 1 saturated heterocycles. The van der Waals surface area contributed by atoms with Crippen molar-refractivity contribution in [3.63, 3.8) is 0 Å². The number of halogens is 3. The van der Waals surface area contributed by atoms with Gasteiger partial charge in [0.25, 0.3) is 0 Å². The molecule has 0 aliphatic carbocycles. The van der Waals surface area contributed by atoms with Gasteiger partial charge < -0.3 is 5.11 Å². The van der Waals surface area contributed by atoms with Crippen molar-refractivity contribution in [2.45, 2.75) is 31.9 Å². The summed E-state index contributed by atoms with van der Waals surface area (Å²) >= 11 is 0. The van der Waals surface area contributed by atoms with Gasteiger partial charge in [0.2, 0.25) is 10.0 Å². The number of aliphatic carboxylic acids is 1. The van der Waals surface area contributed by atoms with Crippen LogP contribution in [0.1, 0.15) is 25.7 Å². The molecule has 0 amide bonds. The van der Waals surface area contributed by atoms with Gasteiger partial charge in [0.05, 0.1) is 11.7 Å². The Morgan fingerprint density at radius 3 is 2.53 bits per heavy atom. The zero-order chi connectivity index (χ0) is 14.7. The number of nitrogens with zero attached hydrogens (tertiary/aromatic N) is 1. The van der Waals surface area contributed by atoms with Crippen molar-refractivity contribution in [2.75, 3.05) is 18.8 Å². The maximum atomic E-state index is 12.0. The smallest absolute Gasteiger partial charge is 0.389 e. The Labute approximate surface area is 109 Å². The minimum atomic E-state index is -4.37. The van der Waals surface area contributed by atoms with Gasteiger partial charge >= 0.3 is 12.1 Å². The minimum absolute atomic E-state index is 0.149. The Kier molecular flexibility index (Phi) is 5.19. The first-order valence-electron chi connectivity index (χ1n) is 5.89. The van der Waals surface area contributed by atoms with Crippen LogP contribution in [-0.4, -0.2) is 48.8 Å². The summed E-state index contributed by atoms with van der Waals surface area (Å²) in [6, 6.07) is 0. The first-order valence-corrected chi connectivity index (χ1v) is 7.50. The third-order valence-electron chi connectivity index (χ3n) is 2.99. The van der Waals surface area contributed by atoms with Crippen molar-refractivity contribution in [2.24, 2.45) is 5.92 Å². The van der Waals surface area contributed by atoms with Gasteiger partial charge in [-0.1, -0.05) is 0 Å². The molecule has 1 aliphatic rings. The molecule has 1 heterocycles. The fraction of sp³-hybridized carbons (Fsp3) is 0.900. The monoisotopic (exact) mass is 303 g/mol. The van der Waals surface area contributed by atoms with Crippen molar-refractivity contribution >= 4 is 16.0 Å². The highest BCUT2D eigenvalue weighted by Gasteiger charge is 2.33. The van der Waals surface area contributed by atoms with Gasteiger partial charge in [0.1, 0.15) is 0 Å².